The minimum Gasteiger partial charge on any atom is -0.493 e. The monoisotopic (exact) mass is 588 g/mol. The number of fused-ring (bicyclic) bond motifs is 1. The number of thiazole rings is 1. The SMILES string of the molecule is CCOC(=O)C1=C(C)N=c2s/c(=C\c3ccc(-c4cc(C(=O)O)ccc4C)o3)c(=O)n2[C@H]1c1ccc(OC)c(OC)c1. The van der Waals surface area contributed by atoms with Crippen molar-refractivity contribution in [2.75, 3.05) is 20.8 Å². The number of benzene rings is 2. The Morgan fingerprint density at radius 2 is 1.83 bits per heavy atom. The molecule has 1 atom stereocenters. The van der Waals surface area contributed by atoms with Crippen LogP contribution in [0.5, 0.6) is 11.5 Å². The highest BCUT2D eigenvalue weighted by Crippen LogP contribution is 2.36. The molecule has 1 aliphatic rings. The van der Waals surface area contributed by atoms with Gasteiger partial charge in [-0.15, -0.1) is 0 Å². The van der Waals surface area contributed by atoms with Crippen molar-refractivity contribution in [2.24, 2.45) is 4.99 Å². The number of methoxy groups -OCH3 is 2. The largest absolute Gasteiger partial charge is 0.493 e. The van der Waals surface area contributed by atoms with E-state index in [9.17, 15) is 19.5 Å². The Hall–Kier alpha value is -4.90. The molecule has 2 aromatic carbocycles. The summed E-state index contributed by atoms with van der Waals surface area (Å²) < 4.78 is 24.1. The Labute approximate surface area is 244 Å². The van der Waals surface area contributed by atoms with Crippen LogP contribution in [0.1, 0.15) is 47.1 Å². The van der Waals surface area contributed by atoms with Crippen molar-refractivity contribution in [3.8, 4) is 22.8 Å². The van der Waals surface area contributed by atoms with E-state index in [2.05, 4.69) is 4.99 Å². The molecule has 0 radical (unpaired) electrons. The number of aryl methyl sites for hydroxylation is 1. The molecule has 0 unspecified atom stereocenters. The number of ether oxygens (including phenoxy) is 3. The number of carbonyl (C=O) groups excluding carboxylic acids is 1. The fourth-order valence-electron chi connectivity index (χ4n) is 4.85. The van der Waals surface area contributed by atoms with E-state index in [0.717, 1.165) is 5.56 Å². The van der Waals surface area contributed by atoms with Crippen molar-refractivity contribution in [2.45, 2.75) is 26.8 Å². The van der Waals surface area contributed by atoms with E-state index in [-0.39, 0.29) is 23.3 Å². The Morgan fingerprint density at radius 3 is 2.52 bits per heavy atom. The lowest BCUT2D eigenvalue weighted by molar-refractivity contribution is -0.139. The third-order valence-electron chi connectivity index (χ3n) is 6.89. The molecule has 0 saturated carbocycles. The average Bonchev–Trinajstić information content (AvgIpc) is 3.56. The van der Waals surface area contributed by atoms with Gasteiger partial charge >= 0.3 is 11.9 Å². The number of nitrogens with zero attached hydrogens (tertiary/aromatic N) is 2. The van der Waals surface area contributed by atoms with Crippen molar-refractivity contribution >= 4 is 29.4 Å². The molecule has 0 saturated heterocycles. The molecule has 216 valence electrons. The standard InChI is InChI=1S/C31H28N2O8S/c1-6-40-30(37)26-17(3)32-31-33(27(26)18-9-11-23(38-4)24(14-18)39-5)28(34)25(42-31)15-20-10-12-22(41-20)21-13-19(29(35)36)8-7-16(21)2/h7-15,27H,6H2,1-5H3,(H,35,36)/b25-15-/t27-/m0/s1. The van der Waals surface area contributed by atoms with Gasteiger partial charge in [0.05, 0.1) is 48.2 Å². The lowest BCUT2D eigenvalue weighted by atomic mass is 9.95. The maximum atomic E-state index is 13.9. The van der Waals surface area contributed by atoms with Crippen LogP contribution in [0.15, 0.2) is 74.0 Å². The number of aromatic nitrogens is 1. The first-order chi connectivity index (χ1) is 20.2. The molecule has 5 rings (SSSR count). The lowest BCUT2D eigenvalue weighted by Gasteiger charge is -2.25. The predicted octanol–water partition coefficient (Wildman–Crippen LogP) is 4.08. The molecule has 11 heteroatoms. The van der Waals surface area contributed by atoms with Crippen molar-refractivity contribution in [3.05, 3.63) is 102 Å². The number of carbonyl (C=O) groups is 2. The third kappa shape index (κ3) is 5.14. The number of aromatic carboxylic acids is 1. The summed E-state index contributed by atoms with van der Waals surface area (Å²) in [7, 11) is 3.04. The van der Waals surface area contributed by atoms with Crippen LogP contribution in [-0.4, -0.2) is 42.4 Å². The number of hydrogen-bond donors (Lipinski definition) is 1. The molecule has 0 fully saturated rings. The number of hydrogen-bond acceptors (Lipinski definition) is 9. The molecular formula is C31H28N2O8S. The summed E-state index contributed by atoms with van der Waals surface area (Å²) in [5, 5.41) is 9.39. The number of carboxylic acids is 1. The van der Waals surface area contributed by atoms with E-state index in [0.29, 0.717) is 49.2 Å². The van der Waals surface area contributed by atoms with E-state index in [4.69, 9.17) is 18.6 Å². The van der Waals surface area contributed by atoms with Crippen molar-refractivity contribution in [3.63, 3.8) is 0 Å². The first-order valence-corrected chi connectivity index (χ1v) is 13.8. The third-order valence-corrected chi connectivity index (χ3v) is 7.87. The molecule has 10 nitrogen and oxygen atoms in total. The fraction of sp³-hybridized carbons (Fsp3) is 0.226. The van der Waals surface area contributed by atoms with Crippen LogP contribution >= 0.6 is 11.3 Å². The smallest absolute Gasteiger partial charge is 0.338 e. The maximum Gasteiger partial charge on any atom is 0.338 e. The number of carboxylic acid groups (broad SMARTS) is 1. The first-order valence-electron chi connectivity index (χ1n) is 13.0. The van der Waals surface area contributed by atoms with E-state index < -0.39 is 18.0 Å². The van der Waals surface area contributed by atoms with Crippen molar-refractivity contribution in [1.82, 2.24) is 4.57 Å². The molecule has 0 amide bonds. The van der Waals surface area contributed by atoms with Gasteiger partial charge < -0.3 is 23.7 Å². The van der Waals surface area contributed by atoms with Crippen LogP contribution in [0.2, 0.25) is 0 Å². The van der Waals surface area contributed by atoms with Crippen LogP contribution in [0, 0.1) is 6.92 Å². The van der Waals surface area contributed by atoms with E-state index in [1.54, 1.807) is 62.4 Å². The molecule has 42 heavy (non-hydrogen) atoms. The highest BCUT2D eigenvalue weighted by molar-refractivity contribution is 7.07. The quantitative estimate of drug-likeness (QED) is 0.305. The molecule has 0 spiro atoms. The van der Waals surface area contributed by atoms with Gasteiger partial charge in [0.15, 0.2) is 16.3 Å². The number of allylic oxidation sites excluding steroid dienone is 1. The molecular weight excluding hydrogens is 560 g/mol. The molecule has 2 aromatic heterocycles. The summed E-state index contributed by atoms with van der Waals surface area (Å²) >= 11 is 1.17. The lowest BCUT2D eigenvalue weighted by Crippen LogP contribution is -2.39. The summed E-state index contributed by atoms with van der Waals surface area (Å²) in [5.41, 5.74) is 2.56. The molecule has 3 heterocycles. The van der Waals surface area contributed by atoms with Gasteiger partial charge in [0, 0.05) is 11.6 Å². The van der Waals surface area contributed by atoms with Gasteiger partial charge in [-0.2, -0.15) is 0 Å². The Bertz CT molecular complexity index is 1930. The predicted molar refractivity (Wildman–Crippen MR) is 156 cm³/mol. The minimum absolute atomic E-state index is 0.143. The second kappa shape index (κ2) is 11.5. The molecule has 4 aromatic rings. The average molecular weight is 589 g/mol. The summed E-state index contributed by atoms with van der Waals surface area (Å²) in [4.78, 5) is 43.5. The van der Waals surface area contributed by atoms with Gasteiger partial charge in [0.2, 0.25) is 0 Å². The summed E-state index contributed by atoms with van der Waals surface area (Å²) in [5.74, 6) is 0.218. The second-order valence-electron chi connectivity index (χ2n) is 9.45. The van der Waals surface area contributed by atoms with Gasteiger partial charge in [0.1, 0.15) is 11.5 Å². The van der Waals surface area contributed by atoms with E-state index >= 15 is 0 Å². The van der Waals surface area contributed by atoms with Crippen molar-refractivity contribution < 1.29 is 33.3 Å². The molecule has 1 N–H and O–H groups in total. The summed E-state index contributed by atoms with van der Waals surface area (Å²) in [6, 6.07) is 12.6. The molecule has 0 aliphatic carbocycles. The van der Waals surface area contributed by atoms with Gasteiger partial charge in [0.25, 0.3) is 5.56 Å². The van der Waals surface area contributed by atoms with Crippen LogP contribution in [0.3, 0.4) is 0 Å². The minimum atomic E-state index is -1.04. The van der Waals surface area contributed by atoms with Gasteiger partial charge in [-0.05, 0) is 68.3 Å². The van der Waals surface area contributed by atoms with Crippen LogP contribution in [-0.2, 0) is 9.53 Å². The summed E-state index contributed by atoms with van der Waals surface area (Å²) in [6.45, 7) is 5.45. The zero-order valence-electron chi connectivity index (χ0n) is 23.6. The Morgan fingerprint density at radius 1 is 1.07 bits per heavy atom. The van der Waals surface area contributed by atoms with E-state index in [1.807, 2.05) is 6.92 Å². The Balaban J connectivity index is 1.65. The Kier molecular flexibility index (Phi) is 7.86. The van der Waals surface area contributed by atoms with Crippen LogP contribution in [0.25, 0.3) is 17.4 Å². The normalized spacial score (nSPS) is 14.8. The van der Waals surface area contributed by atoms with Gasteiger partial charge in [-0.1, -0.05) is 23.5 Å². The number of rotatable bonds is 8. The van der Waals surface area contributed by atoms with Gasteiger partial charge in [-0.25, -0.2) is 14.6 Å². The van der Waals surface area contributed by atoms with E-state index in [1.165, 1.54) is 36.2 Å². The van der Waals surface area contributed by atoms with Crippen LogP contribution in [0.4, 0.5) is 0 Å². The highest BCUT2D eigenvalue weighted by Gasteiger charge is 2.34. The summed E-state index contributed by atoms with van der Waals surface area (Å²) in [6.07, 6.45) is 1.61. The zero-order chi connectivity index (χ0) is 30.1. The zero-order valence-corrected chi connectivity index (χ0v) is 24.4. The number of esters is 1. The fourth-order valence-corrected chi connectivity index (χ4v) is 5.88. The molecule has 1 aliphatic heterocycles. The highest BCUT2D eigenvalue weighted by atomic mass is 32.1. The van der Waals surface area contributed by atoms with Crippen LogP contribution < -0.4 is 24.4 Å². The van der Waals surface area contributed by atoms with Gasteiger partial charge in [-0.3, -0.25) is 9.36 Å². The maximum absolute atomic E-state index is 13.9. The van der Waals surface area contributed by atoms with Crippen molar-refractivity contribution in [1.29, 1.82) is 0 Å². The topological polar surface area (TPSA) is 130 Å². The number of furan rings is 1. The second-order valence-corrected chi connectivity index (χ2v) is 10.5. The molecule has 0 bridgehead atoms. The first kappa shape index (κ1) is 28.6.